The highest BCUT2D eigenvalue weighted by Gasteiger charge is 2.15. The van der Waals surface area contributed by atoms with Gasteiger partial charge in [-0.25, -0.2) is 25.0 Å². The molecule has 626 valence electrons. The first-order valence-electron chi connectivity index (χ1n) is 43.3. The first kappa shape index (κ1) is 91.0. The van der Waals surface area contributed by atoms with E-state index in [0.717, 1.165) is 118 Å². The van der Waals surface area contributed by atoms with E-state index < -0.39 is 0 Å². The summed E-state index contributed by atoms with van der Waals surface area (Å²) in [6.45, 7) is 27.3. The summed E-state index contributed by atoms with van der Waals surface area (Å²) in [4.78, 5) is 29.1. The van der Waals surface area contributed by atoms with Crippen LogP contribution in [0.3, 0.4) is 0 Å². The van der Waals surface area contributed by atoms with Gasteiger partial charge in [-0.15, -0.1) is 0 Å². The van der Waals surface area contributed by atoms with Gasteiger partial charge in [0.25, 0.3) is 0 Å². The normalized spacial score (nSPS) is 11.1. The van der Waals surface area contributed by atoms with Crippen molar-refractivity contribution in [3.63, 3.8) is 0 Å². The van der Waals surface area contributed by atoms with E-state index in [4.69, 9.17) is 25.0 Å². The second-order valence-corrected chi connectivity index (χ2v) is 32.0. The number of aliphatic imine (C=N–C) groups is 6. The summed E-state index contributed by atoms with van der Waals surface area (Å²) in [7, 11) is 0. The average molecular weight is 1650 g/mol. The van der Waals surface area contributed by atoms with Gasteiger partial charge in [-0.05, 0) is 198 Å². The van der Waals surface area contributed by atoms with Crippen molar-refractivity contribution in [2.75, 3.05) is 0 Å². The summed E-state index contributed by atoms with van der Waals surface area (Å²) in [6, 6.07) is 152. The fraction of sp³-hybridized carbons (Fsp3) is 0.107. The lowest BCUT2D eigenvalue weighted by Gasteiger charge is -2.11. The van der Waals surface area contributed by atoms with Crippen LogP contribution in [-0.2, 0) is 0 Å². The van der Waals surface area contributed by atoms with Crippen molar-refractivity contribution < 1.29 is 0 Å². The molecule has 0 atom stereocenters. The van der Waals surface area contributed by atoms with E-state index in [1.165, 1.54) is 77.9 Å². The smallest absolute Gasteiger partial charge is 0.0784 e. The van der Waals surface area contributed by atoms with Gasteiger partial charge in [-0.1, -0.05) is 407 Å². The Balaban J connectivity index is 0.000000139. The van der Waals surface area contributed by atoms with E-state index in [2.05, 4.69) is 385 Å². The minimum absolute atomic E-state index is 0.971. The van der Waals surface area contributed by atoms with Crippen LogP contribution in [0.4, 0.5) is 34.1 Å². The Morgan fingerprint density at radius 2 is 0.354 bits per heavy atom. The fourth-order valence-electron chi connectivity index (χ4n) is 13.8. The van der Waals surface area contributed by atoms with Crippen molar-refractivity contribution in [2.24, 2.45) is 30.0 Å². The lowest BCUT2D eigenvalue weighted by Crippen LogP contribution is -2.05. The zero-order valence-corrected chi connectivity index (χ0v) is 75.3. The highest BCUT2D eigenvalue weighted by molar-refractivity contribution is 6.17. The maximum Gasteiger partial charge on any atom is 0.0784 e. The molecule has 0 aromatic heterocycles. The molecule has 0 saturated heterocycles. The predicted molar refractivity (Wildman–Crippen MR) is 545 cm³/mol. The molecule has 0 N–H and O–H groups in total. The highest BCUT2D eigenvalue weighted by atomic mass is 14.8. The first-order valence-corrected chi connectivity index (χ1v) is 43.3. The molecule has 0 saturated carbocycles. The van der Waals surface area contributed by atoms with Gasteiger partial charge < -0.3 is 0 Å². The van der Waals surface area contributed by atoms with Gasteiger partial charge in [0.1, 0.15) is 0 Å². The molecule has 127 heavy (non-hydrogen) atoms. The lowest BCUT2D eigenvalue weighted by atomic mass is 9.96. The number of rotatable bonds is 17. The maximum absolute atomic E-state index is 4.92. The molecule has 17 aromatic carbocycles. The molecular weight excluding hydrogens is 1540 g/mol. The van der Waals surface area contributed by atoms with Crippen LogP contribution < -0.4 is 0 Å². The van der Waals surface area contributed by atoms with Crippen LogP contribution >= 0.6 is 0 Å². The SMILES string of the molecule is CC(=Nc1ccc(C)cc1)c1ccc(C)cc1.Cc1ccc(C(=Nc2cccc(C)c2)c2ccccc2)cc1.Cc1ccc(C(=Nc2ccccc2)c2ccc(C)cc2)cc1.Cc1ccc(C)c(C(=Nc2ccccc2)c2ccccc2)c1.Cc1ccc(N=C(c2ccccc2)c2ccc(C)cc2)cc1.Cc1cccc(C(=Nc2ccccc2)c2cccc(C)c2)c1. The topological polar surface area (TPSA) is 74.2 Å². The monoisotopic (exact) mass is 1650 g/mol. The lowest BCUT2D eigenvalue weighted by molar-refractivity contribution is 1.36. The molecule has 0 aliphatic carbocycles. The summed E-state index contributed by atoms with van der Waals surface area (Å²) in [5, 5.41) is 0. The van der Waals surface area contributed by atoms with E-state index in [0.29, 0.717) is 0 Å². The van der Waals surface area contributed by atoms with Crippen LogP contribution in [0.15, 0.2) is 473 Å². The molecule has 17 rings (SSSR count). The van der Waals surface area contributed by atoms with Crippen molar-refractivity contribution in [2.45, 2.75) is 90.0 Å². The third-order valence-corrected chi connectivity index (χ3v) is 21.0. The second-order valence-electron chi connectivity index (χ2n) is 32.0. The van der Waals surface area contributed by atoms with Crippen molar-refractivity contribution in [1.29, 1.82) is 0 Å². The Bertz CT molecular complexity index is 6400. The molecule has 0 bridgehead atoms. The largest absolute Gasteiger partial charge is 0.253 e. The molecular formula is C121H112N6. The molecule has 0 spiro atoms. The summed E-state index contributed by atoms with van der Waals surface area (Å²) in [5.74, 6) is 0. The quantitative estimate of drug-likeness (QED) is 0.0815. The van der Waals surface area contributed by atoms with Crippen LogP contribution in [0.1, 0.15) is 135 Å². The van der Waals surface area contributed by atoms with Gasteiger partial charge in [0.05, 0.1) is 62.7 Å². The predicted octanol–water partition coefficient (Wildman–Crippen LogP) is 31.8. The van der Waals surface area contributed by atoms with Crippen molar-refractivity contribution in [3.05, 3.63) is 571 Å². The third-order valence-electron chi connectivity index (χ3n) is 21.0. The third kappa shape index (κ3) is 28.7. The van der Waals surface area contributed by atoms with Crippen LogP contribution in [0.5, 0.6) is 0 Å². The molecule has 0 amide bonds. The number of hydrogen-bond acceptors (Lipinski definition) is 6. The van der Waals surface area contributed by atoms with E-state index >= 15 is 0 Å². The molecule has 6 heteroatoms. The number of para-hydroxylation sites is 3. The van der Waals surface area contributed by atoms with Gasteiger partial charge in [-0.2, -0.15) is 0 Å². The first-order chi connectivity index (χ1) is 61.8. The van der Waals surface area contributed by atoms with Crippen LogP contribution in [0.2, 0.25) is 0 Å². The highest BCUT2D eigenvalue weighted by Crippen LogP contribution is 2.28. The average Bonchev–Trinajstić information content (AvgIpc) is 0.819. The molecule has 0 radical (unpaired) electrons. The van der Waals surface area contributed by atoms with E-state index in [1.807, 2.05) is 153 Å². The van der Waals surface area contributed by atoms with Gasteiger partial charge in [0.15, 0.2) is 0 Å². The Kier molecular flexibility index (Phi) is 33.6. The summed E-state index contributed by atoms with van der Waals surface area (Å²) < 4.78 is 0. The molecule has 0 fully saturated rings. The van der Waals surface area contributed by atoms with Gasteiger partial charge in [-0.3, -0.25) is 4.99 Å². The second kappa shape index (κ2) is 46.9. The van der Waals surface area contributed by atoms with Crippen molar-refractivity contribution in [1.82, 2.24) is 0 Å². The van der Waals surface area contributed by atoms with Crippen LogP contribution in [0.25, 0.3) is 0 Å². The Hall–Kier alpha value is -15.2. The molecule has 17 aromatic rings. The van der Waals surface area contributed by atoms with E-state index in [1.54, 1.807) is 0 Å². The van der Waals surface area contributed by atoms with E-state index in [-0.39, 0.29) is 0 Å². The summed E-state index contributed by atoms with van der Waals surface area (Å²) in [6.07, 6.45) is 0. The van der Waals surface area contributed by atoms with Gasteiger partial charge in [0, 0.05) is 61.3 Å². The Morgan fingerprint density at radius 3 is 0.677 bits per heavy atom. The number of hydrogen-bond donors (Lipinski definition) is 0. The zero-order valence-electron chi connectivity index (χ0n) is 75.3. The molecule has 0 aliphatic heterocycles. The minimum Gasteiger partial charge on any atom is -0.253 e. The summed E-state index contributed by atoms with van der Waals surface area (Å²) >= 11 is 0. The van der Waals surface area contributed by atoms with Crippen molar-refractivity contribution >= 4 is 68.4 Å². The standard InChI is InChI=1S/5C21H19N.C16H17N/c1-16-13-14-17(2)20(15-16)21(18-9-5-3-6-10-18)22-19-11-7-4-8-12-19;1-16-8-6-10-18(14-16)21(19-11-7-9-17(2)15-19)22-20-12-4-3-5-13-20;1-16-11-13-19(14-12-16)21(18-8-4-3-5-9-18)22-20-10-6-7-17(2)15-20;1-16-8-12-18(13-9-16)21(19-14-10-17(2)11-15-19)22-20-6-4-3-5-7-20;1-16-8-12-19(13-9-16)21(18-6-4-3-5-7-18)22-20-14-10-17(2)11-15-20;1-12-4-8-15(9-5-12)14(3)17-16-10-6-13(2)7-11-16/h5*3-15H,1-2H3;4-11H,1-3H3. The molecule has 0 unspecified atom stereocenters. The van der Waals surface area contributed by atoms with Crippen LogP contribution in [0, 0.1) is 83.1 Å². The molecule has 6 nitrogen and oxygen atoms in total. The zero-order chi connectivity index (χ0) is 89.1. The number of aryl methyl sites for hydroxylation is 12. The van der Waals surface area contributed by atoms with E-state index in [9.17, 15) is 0 Å². The maximum atomic E-state index is 4.92. The molecule has 0 heterocycles. The minimum atomic E-state index is 0.971. The van der Waals surface area contributed by atoms with Crippen molar-refractivity contribution in [3.8, 4) is 0 Å². The number of benzene rings is 17. The fourth-order valence-corrected chi connectivity index (χ4v) is 13.8. The summed E-state index contributed by atoms with van der Waals surface area (Å²) in [5.41, 5.74) is 39.6. The Labute approximate surface area is 754 Å². The number of nitrogens with zero attached hydrogens (tertiary/aromatic N) is 6. The Morgan fingerprint density at radius 1 is 0.142 bits per heavy atom. The molecule has 0 aliphatic rings. The van der Waals surface area contributed by atoms with Crippen LogP contribution in [-0.4, -0.2) is 34.3 Å². The van der Waals surface area contributed by atoms with Gasteiger partial charge in [0.2, 0.25) is 0 Å². The van der Waals surface area contributed by atoms with Gasteiger partial charge >= 0.3 is 0 Å².